The van der Waals surface area contributed by atoms with Crippen LogP contribution in [0.3, 0.4) is 0 Å². The van der Waals surface area contributed by atoms with Gasteiger partial charge in [0, 0.05) is 6.04 Å². The van der Waals surface area contributed by atoms with Gasteiger partial charge in [0.2, 0.25) is 0 Å². The summed E-state index contributed by atoms with van der Waals surface area (Å²) < 4.78 is 0. The van der Waals surface area contributed by atoms with E-state index in [4.69, 9.17) is 0 Å². The molecule has 0 radical (unpaired) electrons. The quantitative estimate of drug-likeness (QED) is 0.523. The molecule has 2 aromatic rings. The lowest BCUT2D eigenvalue weighted by atomic mass is 9.88. The second kappa shape index (κ2) is 8.63. The summed E-state index contributed by atoms with van der Waals surface area (Å²) in [7, 11) is 0. The van der Waals surface area contributed by atoms with E-state index in [1.165, 1.54) is 17.9 Å². The molecule has 2 aromatic carbocycles. The molecule has 0 atom stereocenters. The Hall–Kier alpha value is -3.19. The maximum atomic E-state index is 13.0. The lowest BCUT2D eigenvalue weighted by molar-refractivity contribution is -0.112. The number of anilines is 2. The largest absolute Gasteiger partial charge is 0.505 e. The van der Waals surface area contributed by atoms with Crippen LogP contribution in [0.1, 0.15) is 55.2 Å². The molecule has 2 N–H and O–H groups in total. The van der Waals surface area contributed by atoms with Crippen LogP contribution in [0.4, 0.5) is 11.4 Å². The van der Waals surface area contributed by atoms with Crippen molar-refractivity contribution in [3.05, 3.63) is 53.1 Å². The van der Waals surface area contributed by atoms with Crippen LogP contribution in [0.5, 0.6) is 5.75 Å². The molecule has 0 aromatic heterocycles. The first-order valence-corrected chi connectivity index (χ1v) is 11.8. The molecular weight excluding hydrogens is 414 g/mol. The van der Waals surface area contributed by atoms with Gasteiger partial charge >= 0.3 is 5.91 Å². The minimum absolute atomic E-state index is 0.220. The van der Waals surface area contributed by atoms with Crippen LogP contribution < -0.4 is 10.4 Å². The average molecular weight is 446 g/mol. The van der Waals surface area contributed by atoms with Gasteiger partial charge in [-0.1, -0.05) is 18.2 Å². The number of aryl methyl sites for hydroxylation is 2. The average Bonchev–Trinajstić information content (AvgIpc) is 3.62. The van der Waals surface area contributed by atoms with Gasteiger partial charge in [-0.05, 0) is 100 Å². The van der Waals surface area contributed by atoms with Gasteiger partial charge in [-0.3, -0.25) is 10.2 Å². The topological polar surface area (TPSA) is 80.5 Å². The minimum Gasteiger partial charge on any atom is -0.505 e. The van der Waals surface area contributed by atoms with Crippen LogP contribution in [0.25, 0.3) is 0 Å². The number of likely N-dealkylation sites (tertiary alicyclic amines) is 1. The standard InChI is InChI=1S/C26H31N5O2/c1-16-7-8-21(15-17(16)2)31-26(33)24(18(3)29-31)28-27-23-6-4-5-22(25(23)32)19-11-13-30(14-12-19)20-9-10-20/h4-8,15,19-20,27,32H,9-14H2,1-3H3. The fraction of sp³-hybridized carbons (Fsp3) is 0.423. The number of piperidine rings is 1. The third-order valence-corrected chi connectivity index (χ3v) is 7.11. The van der Waals surface area contributed by atoms with Crippen LogP contribution in [-0.4, -0.2) is 46.5 Å². The molecule has 2 heterocycles. The van der Waals surface area contributed by atoms with Crippen LogP contribution in [0.15, 0.2) is 46.6 Å². The molecule has 7 nitrogen and oxygen atoms in total. The summed E-state index contributed by atoms with van der Waals surface area (Å²) in [6.45, 7) is 8.00. The molecule has 3 aliphatic rings. The summed E-state index contributed by atoms with van der Waals surface area (Å²) in [6, 6.07) is 12.3. The van der Waals surface area contributed by atoms with E-state index in [0.29, 0.717) is 17.3 Å². The van der Waals surface area contributed by atoms with Gasteiger partial charge < -0.3 is 10.0 Å². The Bertz CT molecular complexity index is 1140. The third-order valence-electron chi connectivity index (χ3n) is 7.11. The zero-order chi connectivity index (χ0) is 23.1. The number of nitrogens with zero attached hydrogens (tertiary/aromatic N) is 4. The maximum Gasteiger partial charge on any atom is 0.301 e. The molecule has 1 amide bonds. The van der Waals surface area contributed by atoms with Crippen molar-refractivity contribution in [1.82, 2.24) is 4.90 Å². The SMILES string of the molecule is CC1=NN(c2ccc(C)c(C)c2)C(=O)C1=NNc1cccc(C2CCN(C3CC3)CC2)c1O. The van der Waals surface area contributed by atoms with Crippen molar-refractivity contribution in [3.63, 3.8) is 0 Å². The number of rotatable bonds is 5. The number of phenols is 1. The van der Waals surface area contributed by atoms with Gasteiger partial charge in [0.1, 0.15) is 5.75 Å². The summed E-state index contributed by atoms with van der Waals surface area (Å²) >= 11 is 0. The normalized spacial score (nSPS) is 21.1. The van der Waals surface area contributed by atoms with E-state index in [0.717, 1.165) is 54.4 Å². The highest BCUT2D eigenvalue weighted by atomic mass is 16.3. The Balaban J connectivity index is 1.31. The summed E-state index contributed by atoms with van der Waals surface area (Å²) in [4.78, 5) is 15.6. The highest BCUT2D eigenvalue weighted by molar-refractivity contribution is 6.71. The number of hydrogen-bond donors (Lipinski definition) is 2. The number of carbonyl (C=O) groups excluding carboxylic acids is 1. The lowest BCUT2D eigenvalue weighted by Gasteiger charge is -2.32. The molecule has 1 saturated carbocycles. The van der Waals surface area contributed by atoms with Gasteiger partial charge in [-0.2, -0.15) is 15.2 Å². The van der Waals surface area contributed by atoms with Crippen molar-refractivity contribution in [3.8, 4) is 5.75 Å². The van der Waals surface area contributed by atoms with Crippen LogP contribution in [0, 0.1) is 13.8 Å². The Kier molecular flexibility index (Phi) is 5.66. The molecule has 2 aliphatic heterocycles. The summed E-state index contributed by atoms with van der Waals surface area (Å²) in [5.41, 5.74) is 8.15. The fourth-order valence-corrected chi connectivity index (χ4v) is 4.77. The zero-order valence-electron chi connectivity index (χ0n) is 19.5. The molecule has 172 valence electrons. The Morgan fingerprint density at radius 1 is 1.03 bits per heavy atom. The van der Waals surface area contributed by atoms with E-state index >= 15 is 0 Å². The first-order chi connectivity index (χ1) is 15.9. The van der Waals surface area contributed by atoms with E-state index in [1.807, 2.05) is 44.2 Å². The number of para-hydroxylation sites is 1. The van der Waals surface area contributed by atoms with E-state index < -0.39 is 0 Å². The van der Waals surface area contributed by atoms with Gasteiger partial charge in [-0.25, -0.2) is 0 Å². The molecule has 0 spiro atoms. The molecule has 5 rings (SSSR count). The summed E-state index contributed by atoms with van der Waals surface area (Å²) in [5, 5.41) is 21.1. The third kappa shape index (κ3) is 4.25. The number of nitrogens with one attached hydrogen (secondary N) is 1. The van der Waals surface area contributed by atoms with Gasteiger partial charge in [0.25, 0.3) is 0 Å². The van der Waals surface area contributed by atoms with Crippen LogP contribution >= 0.6 is 0 Å². The Labute approximate surface area is 194 Å². The van der Waals surface area contributed by atoms with Crippen molar-refractivity contribution in [2.75, 3.05) is 23.5 Å². The first-order valence-electron chi connectivity index (χ1n) is 11.8. The van der Waals surface area contributed by atoms with Crippen LogP contribution in [0.2, 0.25) is 0 Å². The molecule has 1 aliphatic carbocycles. The molecule has 2 fully saturated rings. The molecule has 33 heavy (non-hydrogen) atoms. The first kappa shape index (κ1) is 21.6. The fourth-order valence-electron chi connectivity index (χ4n) is 4.77. The number of amides is 1. The highest BCUT2D eigenvalue weighted by Gasteiger charge is 2.33. The maximum absolute atomic E-state index is 13.0. The molecule has 0 bridgehead atoms. The number of hydrazone groups is 2. The summed E-state index contributed by atoms with van der Waals surface area (Å²) in [6.07, 6.45) is 4.77. The number of hydrogen-bond acceptors (Lipinski definition) is 6. The Morgan fingerprint density at radius 3 is 2.48 bits per heavy atom. The van der Waals surface area contributed by atoms with Gasteiger partial charge in [0.15, 0.2) is 5.71 Å². The lowest BCUT2D eigenvalue weighted by Crippen LogP contribution is -2.34. The van der Waals surface area contributed by atoms with Crippen molar-refractivity contribution in [2.45, 2.75) is 58.4 Å². The number of benzene rings is 2. The monoisotopic (exact) mass is 445 g/mol. The van der Waals surface area contributed by atoms with E-state index in [1.54, 1.807) is 13.0 Å². The van der Waals surface area contributed by atoms with Crippen molar-refractivity contribution in [1.29, 1.82) is 0 Å². The number of carbonyl (C=O) groups is 1. The smallest absolute Gasteiger partial charge is 0.301 e. The number of aromatic hydroxyl groups is 1. The number of phenolic OH excluding ortho intramolecular Hbond substituents is 1. The predicted molar refractivity (Wildman–Crippen MR) is 132 cm³/mol. The highest BCUT2D eigenvalue weighted by Crippen LogP contribution is 2.40. The van der Waals surface area contributed by atoms with Crippen molar-refractivity contribution < 1.29 is 9.90 Å². The minimum atomic E-state index is -0.286. The second-order valence-corrected chi connectivity index (χ2v) is 9.43. The van der Waals surface area contributed by atoms with Crippen molar-refractivity contribution in [2.24, 2.45) is 10.2 Å². The van der Waals surface area contributed by atoms with Crippen molar-refractivity contribution >= 4 is 28.7 Å². The second-order valence-electron chi connectivity index (χ2n) is 9.43. The van der Waals surface area contributed by atoms with E-state index in [-0.39, 0.29) is 17.4 Å². The molecule has 0 unspecified atom stereocenters. The van der Waals surface area contributed by atoms with Crippen LogP contribution in [-0.2, 0) is 4.79 Å². The molecule has 7 heteroatoms. The zero-order valence-corrected chi connectivity index (χ0v) is 19.5. The van der Waals surface area contributed by atoms with Gasteiger partial charge in [-0.15, -0.1) is 0 Å². The van der Waals surface area contributed by atoms with E-state index in [2.05, 4.69) is 20.5 Å². The molecule has 1 saturated heterocycles. The molecular formula is C26H31N5O2. The summed E-state index contributed by atoms with van der Waals surface area (Å²) in [5.74, 6) is 0.273. The van der Waals surface area contributed by atoms with Gasteiger partial charge in [0.05, 0.1) is 17.1 Å². The van der Waals surface area contributed by atoms with E-state index in [9.17, 15) is 9.90 Å². The predicted octanol–water partition coefficient (Wildman–Crippen LogP) is 4.54. The Morgan fingerprint density at radius 2 is 1.79 bits per heavy atom.